The molecule has 1 unspecified atom stereocenters. The topological polar surface area (TPSA) is 98.3 Å². The second-order valence-electron chi connectivity index (χ2n) is 8.84. The Morgan fingerprint density at radius 3 is 2.12 bits per heavy atom. The van der Waals surface area contributed by atoms with Crippen LogP contribution >= 0.6 is 0 Å². The fourth-order valence-electron chi connectivity index (χ4n) is 4.66. The molecule has 1 aromatic carbocycles. The summed E-state index contributed by atoms with van der Waals surface area (Å²) in [6.45, 7) is 5.69. The number of rotatable bonds is 4. The number of nitrogens with zero attached hydrogens (tertiary/aromatic N) is 4. The van der Waals surface area contributed by atoms with Crippen molar-refractivity contribution in [2.24, 2.45) is 5.92 Å². The van der Waals surface area contributed by atoms with Gasteiger partial charge in [0.15, 0.2) is 0 Å². The Balaban J connectivity index is 1.34. The summed E-state index contributed by atoms with van der Waals surface area (Å²) in [5, 5.41) is 0. The van der Waals surface area contributed by atoms with Gasteiger partial charge in [0.25, 0.3) is 11.8 Å². The van der Waals surface area contributed by atoms with E-state index in [1.807, 2.05) is 13.8 Å². The zero-order valence-corrected chi connectivity index (χ0v) is 18.5. The molecule has 0 aliphatic carbocycles. The van der Waals surface area contributed by atoms with Gasteiger partial charge in [-0.15, -0.1) is 0 Å². The van der Waals surface area contributed by atoms with Crippen LogP contribution in [0, 0.1) is 5.92 Å². The number of carbonyl (C=O) groups is 5. The van der Waals surface area contributed by atoms with E-state index in [2.05, 4.69) is 0 Å². The molecule has 4 rings (SSSR count). The van der Waals surface area contributed by atoms with Crippen molar-refractivity contribution in [2.45, 2.75) is 32.7 Å². The smallest absolute Gasteiger partial charge is 0.262 e. The maximum absolute atomic E-state index is 13.0. The molecule has 5 amide bonds. The molecule has 0 N–H and O–H groups in total. The van der Waals surface area contributed by atoms with E-state index in [4.69, 9.17) is 0 Å². The van der Waals surface area contributed by atoms with Gasteiger partial charge in [0.05, 0.1) is 17.0 Å². The third-order valence-corrected chi connectivity index (χ3v) is 6.46. The van der Waals surface area contributed by atoms with Gasteiger partial charge in [-0.05, 0) is 32.4 Å². The van der Waals surface area contributed by atoms with Gasteiger partial charge in [-0.3, -0.25) is 28.9 Å². The molecule has 170 valence electrons. The van der Waals surface area contributed by atoms with Gasteiger partial charge in [-0.2, -0.15) is 0 Å². The normalized spacial score (nSPS) is 21.5. The fraction of sp³-hybridized carbons (Fsp3) is 0.522. The lowest BCUT2D eigenvalue weighted by molar-refractivity contribution is -0.136. The zero-order chi connectivity index (χ0) is 23.0. The Morgan fingerprint density at radius 2 is 1.53 bits per heavy atom. The van der Waals surface area contributed by atoms with Crippen LogP contribution in [-0.2, 0) is 14.4 Å². The Labute approximate surface area is 186 Å². The Hall–Kier alpha value is -3.23. The highest BCUT2D eigenvalue weighted by Gasteiger charge is 2.39. The second-order valence-corrected chi connectivity index (χ2v) is 8.84. The van der Waals surface area contributed by atoms with Crippen LogP contribution in [0.15, 0.2) is 24.3 Å². The molecule has 3 aliphatic rings. The van der Waals surface area contributed by atoms with E-state index in [1.165, 1.54) is 0 Å². The van der Waals surface area contributed by atoms with E-state index >= 15 is 0 Å². The highest BCUT2D eigenvalue weighted by atomic mass is 16.2. The summed E-state index contributed by atoms with van der Waals surface area (Å²) in [7, 11) is 0. The summed E-state index contributed by atoms with van der Waals surface area (Å²) in [6.07, 6.45) is 0.837. The first-order valence-corrected chi connectivity index (χ1v) is 11.1. The van der Waals surface area contributed by atoms with Crippen LogP contribution in [-0.4, -0.2) is 94.4 Å². The van der Waals surface area contributed by atoms with Crippen LogP contribution in [0.4, 0.5) is 0 Å². The van der Waals surface area contributed by atoms with Gasteiger partial charge in [-0.25, -0.2) is 0 Å². The highest BCUT2D eigenvalue weighted by Crippen LogP contribution is 2.24. The number of fused-ring (bicyclic) bond motifs is 1. The lowest BCUT2D eigenvalue weighted by atomic mass is 10.1. The van der Waals surface area contributed by atoms with Crippen LogP contribution in [0.2, 0.25) is 0 Å². The van der Waals surface area contributed by atoms with Crippen molar-refractivity contribution in [1.29, 1.82) is 0 Å². The average Bonchev–Trinajstić information content (AvgIpc) is 3.14. The van der Waals surface area contributed by atoms with E-state index in [9.17, 15) is 24.0 Å². The van der Waals surface area contributed by atoms with Crippen molar-refractivity contribution >= 4 is 29.5 Å². The molecular weight excluding hydrogens is 412 g/mol. The number of hydrogen-bond acceptors (Lipinski definition) is 5. The van der Waals surface area contributed by atoms with Crippen LogP contribution < -0.4 is 0 Å². The molecule has 0 spiro atoms. The van der Waals surface area contributed by atoms with Crippen LogP contribution in [0.5, 0.6) is 0 Å². The van der Waals surface area contributed by atoms with Gasteiger partial charge >= 0.3 is 0 Å². The predicted molar refractivity (Wildman–Crippen MR) is 115 cm³/mol. The van der Waals surface area contributed by atoms with Gasteiger partial charge < -0.3 is 14.7 Å². The maximum atomic E-state index is 13.0. The van der Waals surface area contributed by atoms with Gasteiger partial charge in [0.2, 0.25) is 17.7 Å². The number of hydrogen-bond donors (Lipinski definition) is 0. The van der Waals surface area contributed by atoms with Crippen molar-refractivity contribution in [1.82, 2.24) is 19.6 Å². The summed E-state index contributed by atoms with van der Waals surface area (Å²) in [4.78, 5) is 69.1. The van der Waals surface area contributed by atoms with Gasteiger partial charge in [0, 0.05) is 45.2 Å². The van der Waals surface area contributed by atoms with Gasteiger partial charge in [-0.1, -0.05) is 12.1 Å². The SMILES string of the molecule is CC(C)N1CC(C(=O)N2CCCN(C(=O)CN3C(=O)c4ccccc4C3=O)CC2)CC1=O. The number of amides is 5. The third kappa shape index (κ3) is 3.99. The first-order valence-electron chi connectivity index (χ1n) is 11.1. The molecular formula is C23H28N4O5. The molecule has 9 nitrogen and oxygen atoms in total. The largest absolute Gasteiger partial charge is 0.341 e. The fourth-order valence-corrected chi connectivity index (χ4v) is 4.66. The molecule has 3 heterocycles. The minimum atomic E-state index is -0.453. The van der Waals surface area contributed by atoms with E-state index in [0.717, 1.165) is 4.90 Å². The third-order valence-electron chi connectivity index (χ3n) is 6.46. The molecule has 1 aromatic rings. The molecule has 3 aliphatic heterocycles. The molecule has 0 bridgehead atoms. The molecule has 1 atom stereocenters. The number of likely N-dealkylation sites (tertiary alicyclic amines) is 1. The van der Waals surface area contributed by atoms with Crippen LogP contribution in [0.25, 0.3) is 0 Å². The molecule has 0 aromatic heterocycles. The van der Waals surface area contributed by atoms with E-state index in [-0.39, 0.29) is 42.6 Å². The molecule has 0 radical (unpaired) electrons. The summed E-state index contributed by atoms with van der Waals surface area (Å²) in [5.74, 6) is -1.60. The monoisotopic (exact) mass is 440 g/mol. The van der Waals surface area contributed by atoms with Crippen molar-refractivity contribution in [2.75, 3.05) is 39.3 Å². The Bertz CT molecular complexity index is 940. The zero-order valence-electron chi connectivity index (χ0n) is 18.5. The summed E-state index contributed by atoms with van der Waals surface area (Å²) < 4.78 is 0. The van der Waals surface area contributed by atoms with Crippen LogP contribution in [0.1, 0.15) is 47.4 Å². The first-order chi connectivity index (χ1) is 15.3. The van der Waals surface area contributed by atoms with E-state index in [0.29, 0.717) is 50.3 Å². The molecule has 0 saturated carbocycles. The van der Waals surface area contributed by atoms with Crippen LogP contribution in [0.3, 0.4) is 0 Å². The lowest BCUT2D eigenvalue weighted by Crippen LogP contribution is -2.45. The molecule has 9 heteroatoms. The second kappa shape index (κ2) is 8.72. The Morgan fingerprint density at radius 1 is 0.938 bits per heavy atom. The quantitative estimate of drug-likeness (QED) is 0.639. The van der Waals surface area contributed by atoms with Crippen molar-refractivity contribution < 1.29 is 24.0 Å². The average molecular weight is 441 g/mol. The molecule has 2 saturated heterocycles. The lowest BCUT2D eigenvalue weighted by Gasteiger charge is -2.26. The number of carbonyl (C=O) groups excluding carboxylic acids is 5. The minimum absolute atomic E-state index is 0.00548. The van der Waals surface area contributed by atoms with Crippen molar-refractivity contribution in [3.05, 3.63) is 35.4 Å². The molecule has 32 heavy (non-hydrogen) atoms. The first kappa shape index (κ1) is 22.0. The van der Waals surface area contributed by atoms with E-state index in [1.54, 1.807) is 39.0 Å². The van der Waals surface area contributed by atoms with Crippen molar-refractivity contribution in [3.8, 4) is 0 Å². The van der Waals surface area contributed by atoms with Gasteiger partial charge in [0.1, 0.15) is 6.54 Å². The molecule has 2 fully saturated rings. The van der Waals surface area contributed by atoms with E-state index < -0.39 is 11.8 Å². The minimum Gasteiger partial charge on any atom is -0.341 e. The maximum Gasteiger partial charge on any atom is 0.262 e. The van der Waals surface area contributed by atoms with Crippen molar-refractivity contribution in [3.63, 3.8) is 0 Å². The summed E-state index contributed by atoms with van der Waals surface area (Å²) >= 11 is 0. The number of imide groups is 1. The highest BCUT2D eigenvalue weighted by molar-refractivity contribution is 6.22. The Kier molecular flexibility index (Phi) is 5.99. The standard InChI is InChI=1S/C23H28N4O5/c1-15(2)26-13-16(12-19(26)28)21(30)25-9-5-8-24(10-11-25)20(29)14-27-22(31)17-6-3-4-7-18(17)23(27)32/h3-4,6-7,15-16H,5,8-14H2,1-2H3. The summed E-state index contributed by atoms with van der Waals surface area (Å²) in [5.41, 5.74) is 0.638. The predicted octanol–water partition coefficient (Wildman–Crippen LogP) is 0.600. The number of benzene rings is 1. The summed E-state index contributed by atoms with van der Waals surface area (Å²) in [6, 6.07) is 6.62.